The van der Waals surface area contributed by atoms with Gasteiger partial charge in [-0.15, -0.1) is 0 Å². The van der Waals surface area contributed by atoms with Gasteiger partial charge in [0.2, 0.25) is 0 Å². The maximum absolute atomic E-state index is 12.1. The normalized spacial score (nSPS) is 14.3. The van der Waals surface area contributed by atoms with E-state index in [4.69, 9.17) is 5.73 Å². The van der Waals surface area contributed by atoms with E-state index in [0.717, 1.165) is 6.42 Å². The summed E-state index contributed by atoms with van der Waals surface area (Å²) in [6, 6.07) is 0. The summed E-state index contributed by atoms with van der Waals surface area (Å²) in [7, 11) is 0. The molecule has 0 aliphatic heterocycles. The summed E-state index contributed by atoms with van der Waals surface area (Å²) in [5.74, 6) is -0.0186. The lowest BCUT2D eigenvalue weighted by Crippen LogP contribution is -2.16. The molecule has 4 nitrogen and oxygen atoms in total. The van der Waals surface area contributed by atoms with Gasteiger partial charge in [-0.1, -0.05) is 19.9 Å². The summed E-state index contributed by atoms with van der Waals surface area (Å²) in [5.41, 5.74) is 7.80. The highest BCUT2D eigenvalue weighted by molar-refractivity contribution is 6.22. The average Bonchev–Trinajstić information content (AvgIpc) is 2.38. The Kier molecular flexibility index (Phi) is 8.93. The van der Waals surface area contributed by atoms with Crippen LogP contribution in [0.2, 0.25) is 0 Å². The zero-order valence-electron chi connectivity index (χ0n) is 13.7. The molecule has 116 valence electrons. The zero-order valence-corrected chi connectivity index (χ0v) is 13.7. The van der Waals surface area contributed by atoms with Gasteiger partial charge >= 0.3 is 0 Å². The molecule has 4 heteroatoms. The first kappa shape index (κ1) is 19.0. The highest BCUT2D eigenvalue weighted by Crippen LogP contribution is 2.12. The Labute approximate surface area is 127 Å². The molecule has 0 saturated heterocycles. The van der Waals surface area contributed by atoms with Crippen molar-refractivity contribution in [3.05, 3.63) is 35.2 Å². The number of carbonyl (C=O) groups excluding carboxylic acids is 2. The zero-order chi connectivity index (χ0) is 16.4. The molecule has 0 heterocycles. The van der Waals surface area contributed by atoms with Crippen LogP contribution in [0.4, 0.5) is 0 Å². The fraction of sp³-hybridized carbons (Fsp3) is 0.471. The standard InChI is InChI=1S/C17H26N2O2/c1-6-9-14(11-15(20)8-3)19-13(5)17(12(4)18)16(21)10-7-2/h6,9,11H,7-8,10,18H2,1-5H3/b9-6-,14-11+,17-12+,19-13+. The largest absolute Gasteiger partial charge is 0.402 e. The summed E-state index contributed by atoms with van der Waals surface area (Å²) in [5, 5.41) is 0. The second kappa shape index (κ2) is 9.86. The van der Waals surface area contributed by atoms with Gasteiger partial charge in [-0.05, 0) is 33.3 Å². The van der Waals surface area contributed by atoms with Crippen LogP contribution in [0.1, 0.15) is 53.9 Å². The quantitative estimate of drug-likeness (QED) is 0.422. The maximum atomic E-state index is 12.1. The van der Waals surface area contributed by atoms with Crippen molar-refractivity contribution in [3.8, 4) is 0 Å². The monoisotopic (exact) mass is 290 g/mol. The van der Waals surface area contributed by atoms with E-state index in [-0.39, 0.29) is 11.6 Å². The van der Waals surface area contributed by atoms with Crippen molar-refractivity contribution in [1.82, 2.24) is 0 Å². The third-order valence-electron chi connectivity index (χ3n) is 2.80. The van der Waals surface area contributed by atoms with E-state index in [1.54, 1.807) is 32.9 Å². The van der Waals surface area contributed by atoms with Crippen LogP contribution in [0.5, 0.6) is 0 Å². The van der Waals surface area contributed by atoms with Gasteiger partial charge in [0.15, 0.2) is 11.6 Å². The van der Waals surface area contributed by atoms with Gasteiger partial charge in [0.25, 0.3) is 0 Å². The number of carbonyl (C=O) groups is 2. The van der Waals surface area contributed by atoms with Gasteiger partial charge in [-0.3, -0.25) is 14.6 Å². The Morgan fingerprint density at radius 2 is 1.81 bits per heavy atom. The van der Waals surface area contributed by atoms with Gasteiger partial charge in [-0.25, -0.2) is 0 Å². The third-order valence-corrected chi connectivity index (χ3v) is 2.80. The van der Waals surface area contributed by atoms with E-state index in [2.05, 4.69) is 4.99 Å². The lowest BCUT2D eigenvalue weighted by atomic mass is 10.0. The smallest absolute Gasteiger partial charge is 0.166 e. The van der Waals surface area contributed by atoms with Crippen molar-refractivity contribution in [1.29, 1.82) is 0 Å². The molecule has 0 aliphatic rings. The first-order valence-corrected chi connectivity index (χ1v) is 7.29. The van der Waals surface area contributed by atoms with Crippen LogP contribution >= 0.6 is 0 Å². The van der Waals surface area contributed by atoms with Crippen molar-refractivity contribution in [2.75, 3.05) is 0 Å². The fourth-order valence-electron chi connectivity index (χ4n) is 1.86. The topological polar surface area (TPSA) is 72.5 Å². The SMILES string of the molecule is C\C=C/C(=C\C(=O)CC)/N=C(C)/C(C(=O)CCC)=C(/C)N. The molecule has 0 aromatic rings. The Morgan fingerprint density at radius 3 is 2.24 bits per heavy atom. The molecule has 0 bridgehead atoms. The summed E-state index contributed by atoms with van der Waals surface area (Å²) >= 11 is 0. The molecule has 0 unspecified atom stereocenters. The van der Waals surface area contributed by atoms with Crippen LogP contribution in [0.25, 0.3) is 0 Å². The van der Waals surface area contributed by atoms with Gasteiger partial charge in [0.1, 0.15) is 0 Å². The van der Waals surface area contributed by atoms with Gasteiger partial charge in [0.05, 0.1) is 17.0 Å². The molecular formula is C17H26N2O2. The van der Waals surface area contributed by atoms with Gasteiger partial charge in [-0.2, -0.15) is 0 Å². The van der Waals surface area contributed by atoms with Crippen LogP contribution in [-0.4, -0.2) is 17.3 Å². The minimum atomic E-state index is -0.0135. The summed E-state index contributed by atoms with van der Waals surface area (Å²) < 4.78 is 0. The number of rotatable bonds is 8. The highest BCUT2D eigenvalue weighted by atomic mass is 16.1. The molecular weight excluding hydrogens is 264 g/mol. The molecule has 2 N–H and O–H groups in total. The fourth-order valence-corrected chi connectivity index (χ4v) is 1.86. The Bertz CT molecular complexity index is 505. The van der Waals surface area contributed by atoms with E-state index in [1.165, 1.54) is 6.08 Å². The maximum Gasteiger partial charge on any atom is 0.166 e. The first-order chi connectivity index (χ1) is 9.87. The third kappa shape index (κ3) is 6.84. The molecule has 0 radical (unpaired) electrons. The molecule has 0 spiro atoms. The highest BCUT2D eigenvalue weighted by Gasteiger charge is 2.14. The van der Waals surface area contributed by atoms with Crippen LogP contribution < -0.4 is 5.73 Å². The van der Waals surface area contributed by atoms with Gasteiger partial charge in [0, 0.05) is 24.6 Å². The molecule has 21 heavy (non-hydrogen) atoms. The summed E-state index contributed by atoms with van der Waals surface area (Å²) in [6.45, 7) is 9.02. The van der Waals surface area contributed by atoms with Gasteiger partial charge < -0.3 is 5.73 Å². The van der Waals surface area contributed by atoms with Crippen molar-refractivity contribution in [2.24, 2.45) is 10.7 Å². The van der Waals surface area contributed by atoms with E-state index in [1.807, 2.05) is 13.8 Å². The van der Waals surface area contributed by atoms with Crippen LogP contribution in [0.15, 0.2) is 40.2 Å². The summed E-state index contributed by atoms with van der Waals surface area (Å²) in [6.07, 6.45) is 6.64. The van der Waals surface area contributed by atoms with E-state index >= 15 is 0 Å². The van der Waals surface area contributed by atoms with Crippen LogP contribution in [0, 0.1) is 0 Å². The van der Waals surface area contributed by atoms with Crippen molar-refractivity contribution in [2.45, 2.75) is 53.9 Å². The number of allylic oxidation sites excluding steroid dienone is 5. The number of ketones is 2. The number of Topliss-reactive ketones (excluding diaryl/α,β-unsaturated/α-hetero) is 1. The first-order valence-electron chi connectivity index (χ1n) is 7.29. The number of aliphatic imine (C=N–C) groups is 1. The predicted molar refractivity (Wildman–Crippen MR) is 88.1 cm³/mol. The molecule has 0 fully saturated rings. The Balaban J connectivity index is 5.64. The average molecular weight is 290 g/mol. The lowest BCUT2D eigenvalue weighted by Gasteiger charge is -2.08. The molecule has 0 aliphatic carbocycles. The summed E-state index contributed by atoms with van der Waals surface area (Å²) in [4.78, 5) is 28.0. The molecule has 0 aromatic heterocycles. The second-order valence-corrected chi connectivity index (χ2v) is 4.82. The number of nitrogens with two attached hydrogens (primary N) is 1. The van der Waals surface area contributed by atoms with Crippen LogP contribution in [-0.2, 0) is 9.59 Å². The molecule has 0 aromatic carbocycles. The number of hydrogen-bond donors (Lipinski definition) is 1. The molecule has 0 atom stereocenters. The van der Waals surface area contributed by atoms with Crippen molar-refractivity contribution >= 4 is 17.3 Å². The Morgan fingerprint density at radius 1 is 1.19 bits per heavy atom. The van der Waals surface area contributed by atoms with E-state index < -0.39 is 0 Å². The minimum absolute atomic E-state index is 0.00506. The van der Waals surface area contributed by atoms with Crippen molar-refractivity contribution < 1.29 is 9.59 Å². The predicted octanol–water partition coefficient (Wildman–Crippen LogP) is 3.49. The van der Waals surface area contributed by atoms with E-state index in [9.17, 15) is 9.59 Å². The number of hydrogen-bond acceptors (Lipinski definition) is 4. The molecule has 0 amide bonds. The second-order valence-electron chi connectivity index (χ2n) is 4.82. The van der Waals surface area contributed by atoms with Crippen LogP contribution in [0.3, 0.4) is 0 Å². The van der Waals surface area contributed by atoms with E-state index in [0.29, 0.717) is 35.5 Å². The molecule has 0 saturated carbocycles. The number of nitrogens with zero attached hydrogens (tertiary/aromatic N) is 1. The van der Waals surface area contributed by atoms with Crippen molar-refractivity contribution in [3.63, 3.8) is 0 Å². The minimum Gasteiger partial charge on any atom is -0.402 e. The lowest BCUT2D eigenvalue weighted by molar-refractivity contribution is -0.115. The Hall–Kier alpha value is -1.97. The molecule has 0 rings (SSSR count).